The van der Waals surface area contributed by atoms with Crippen molar-refractivity contribution >= 4 is 12.3 Å². The minimum atomic E-state index is -0.599. The number of morpholine rings is 1. The molecule has 1 aromatic carbocycles. The molecule has 1 aromatic rings. The van der Waals surface area contributed by atoms with Gasteiger partial charge in [-0.15, -0.1) is 0 Å². The Balaban J connectivity index is 1.75. The summed E-state index contributed by atoms with van der Waals surface area (Å²) in [4.78, 5) is 18.3. The summed E-state index contributed by atoms with van der Waals surface area (Å²) in [6.45, 7) is 2.23. The molecule has 2 atom stereocenters. The van der Waals surface area contributed by atoms with Crippen molar-refractivity contribution in [2.75, 3.05) is 26.3 Å². The molecule has 2 aliphatic heterocycles. The van der Waals surface area contributed by atoms with Crippen LogP contribution in [0.1, 0.15) is 11.7 Å². The van der Waals surface area contributed by atoms with Crippen LogP contribution in [0.25, 0.3) is 0 Å². The summed E-state index contributed by atoms with van der Waals surface area (Å²) < 4.78 is 23.6. The number of ether oxygens (including phenoxy) is 2. The SMILES string of the molecule is O=C([C@@H]1N=CO[C@H]1c1ccc(F)cc1)N1CCOCC1. The molecule has 1 fully saturated rings. The summed E-state index contributed by atoms with van der Waals surface area (Å²) in [5.41, 5.74) is 0.746. The number of halogens is 1. The Morgan fingerprint density at radius 2 is 1.95 bits per heavy atom. The molecule has 0 saturated carbocycles. The van der Waals surface area contributed by atoms with Crippen molar-refractivity contribution < 1.29 is 18.7 Å². The lowest BCUT2D eigenvalue weighted by Crippen LogP contribution is -2.46. The smallest absolute Gasteiger partial charge is 0.251 e. The number of benzene rings is 1. The molecule has 0 unspecified atom stereocenters. The van der Waals surface area contributed by atoms with E-state index in [9.17, 15) is 9.18 Å². The van der Waals surface area contributed by atoms with Crippen molar-refractivity contribution in [1.29, 1.82) is 0 Å². The Bertz CT molecular complexity index is 512. The average molecular weight is 278 g/mol. The van der Waals surface area contributed by atoms with E-state index >= 15 is 0 Å². The van der Waals surface area contributed by atoms with Gasteiger partial charge in [0.05, 0.1) is 13.2 Å². The number of nitrogens with zero attached hydrogens (tertiary/aromatic N) is 2. The molecule has 0 bridgehead atoms. The monoisotopic (exact) mass is 278 g/mol. The minimum Gasteiger partial charge on any atom is -0.473 e. The minimum absolute atomic E-state index is 0.0728. The third kappa shape index (κ3) is 2.51. The summed E-state index contributed by atoms with van der Waals surface area (Å²) in [7, 11) is 0. The Kier molecular flexibility index (Phi) is 3.64. The van der Waals surface area contributed by atoms with Gasteiger partial charge in [-0.25, -0.2) is 9.38 Å². The predicted molar refractivity (Wildman–Crippen MR) is 69.9 cm³/mol. The van der Waals surface area contributed by atoms with Gasteiger partial charge in [0.2, 0.25) is 0 Å². The number of aliphatic imine (C=N–C) groups is 1. The van der Waals surface area contributed by atoms with Gasteiger partial charge in [0.25, 0.3) is 5.91 Å². The lowest BCUT2D eigenvalue weighted by Gasteiger charge is -2.29. The van der Waals surface area contributed by atoms with Crippen LogP contribution in [0.5, 0.6) is 0 Å². The van der Waals surface area contributed by atoms with Crippen molar-refractivity contribution in [2.45, 2.75) is 12.1 Å². The molecule has 0 N–H and O–H groups in total. The van der Waals surface area contributed by atoms with E-state index in [1.807, 2.05) is 0 Å². The molecular weight excluding hydrogens is 263 g/mol. The van der Waals surface area contributed by atoms with Crippen LogP contribution in [0, 0.1) is 5.82 Å². The highest BCUT2D eigenvalue weighted by Crippen LogP contribution is 2.28. The molecule has 106 valence electrons. The molecule has 0 aliphatic carbocycles. The van der Waals surface area contributed by atoms with Gasteiger partial charge in [0.1, 0.15) is 5.82 Å². The molecule has 0 aromatic heterocycles. The van der Waals surface area contributed by atoms with Crippen LogP contribution in [0.2, 0.25) is 0 Å². The second-order valence-electron chi connectivity index (χ2n) is 4.75. The molecule has 20 heavy (non-hydrogen) atoms. The molecule has 2 heterocycles. The van der Waals surface area contributed by atoms with Gasteiger partial charge in [0.15, 0.2) is 18.5 Å². The van der Waals surface area contributed by atoms with Crippen LogP contribution < -0.4 is 0 Å². The second-order valence-corrected chi connectivity index (χ2v) is 4.75. The van der Waals surface area contributed by atoms with Crippen molar-refractivity contribution in [1.82, 2.24) is 4.90 Å². The second kappa shape index (κ2) is 5.58. The lowest BCUT2D eigenvalue weighted by molar-refractivity contribution is -0.138. The summed E-state index contributed by atoms with van der Waals surface area (Å²) in [5, 5.41) is 0. The third-order valence-electron chi connectivity index (χ3n) is 3.49. The quantitative estimate of drug-likeness (QED) is 0.815. The fraction of sp³-hybridized carbons (Fsp3) is 0.429. The number of amides is 1. The lowest BCUT2D eigenvalue weighted by atomic mass is 10.0. The van der Waals surface area contributed by atoms with E-state index in [1.54, 1.807) is 17.0 Å². The zero-order valence-corrected chi connectivity index (χ0v) is 10.9. The van der Waals surface area contributed by atoms with Crippen molar-refractivity contribution in [3.63, 3.8) is 0 Å². The Labute approximate surface area is 116 Å². The standard InChI is InChI=1S/C14H15FN2O3/c15-11-3-1-10(2-4-11)13-12(16-9-20-13)14(18)17-5-7-19-8-6-17/h1-4,9,12-13H,5-8H2/t12-,13+/m1/s1. The Morgan fingerprint density at radius 3 is 2.65 bits per heavy atom. The Morgan fingerprint density at radius 1 is 1.25 bits per heavy atom. The fourth-order valence-corrected chi connectivity index (χ4v) is 2.40. The van der Waals surface area contributed by atoms with E-state index in [0.29, 0.717) is 26.3 Å². The number of rotatable bonds is 2. The van der Waals surface area contributed by atoms with E-state index in [2.05, 4.69) is 4.99 Å². The zero-order valence-electron chi connectivity index (χ0n) is 10.9. The first kappa shape index (κ1) is 13.1. The van der Waals surface area contributed by atoms with Crippen molar-refractivity contribution in [3.8, 4) is 0 Å². The highest BCUT2D eigenvalue weighted by Gasteiger charge is 2.37. The average Bonchev–Trinajstić information content (AvgIpc) is 2.97. The summed E-state index contributed by atoms with van der Waals surface area (Å²) >= 11 is 0. The molecule has 1 amide bonds. The van der Waals surface area contributed by atoms with Gasteiger partial charge in [-0.1, -0.05) is 12.1 Å². The maximum atomic E-state index is 13.0. The maximum Gasteiger partial charge on any atom is 0.251 e. The summed E-state index contributed by atoms with van der Waals surface area (Å²) in [6.07, 6.45) is 0.822. The van der Waals surface area contributed by atoms with E-state index < -0.39 is 12.1 Å². The molecule has 5 nitrogen and oxygen atoms in total. The van der Waals surface area contributed by atoms with E-state index in [4.69, 9.17) is 9.47 Å². The molecular formula is C14H15FN2O3. The van der Waals surface area contributed by atoms with Gasteiger partial charge < -0.3 is 14.4 Å². The van der Waals surface area contributed by atoms with E-state index in [1.165, 1.54) is 18.5 Å². The number of hydrogen-bond donors (Lipinski definition) is 0. The van der Waals surface area contributed by atoms with Crippen LogP contribution >= 0.6 is 0 Å². The van der Waals surface area contributed by atoms with Gasteiger partial charge in [-0.05, 0) is 17.7 Å². The van der Waals surface area contributed by atoms with Crippen LogP contribution in [0.15, 0.2) is 29.3 Å². The normalized spacial score (nSPS) is 25.6. The zero-order chi connectivity index (χ0) is 13.9. The van der Waals surface area contributed by atoms with E-state index in [-0.39, 0.29) is 11.7 Å². The van der Waals surface area contributed by atoms with Gasteiger partial charge >= 0.3 is 0 Å². The highest BCUT2D eigenvalue weighted by atomic mass is 19.1. The predicted octanol–water partition coefficient (Wildman–Crippen LogP) is 1.15. The van der Waals surface area contributed by atoms with E-state index in [0.717, 1.165) is 5.56 Å². The molecule has 0 spiro atoms. The first-order valence-electron chi connectivity index (χ1n) is 6.55. The van der Waals surface area contributed by atoms with Crippen LogP contribution in [-0.2, 0) is 14.3 Å². The topological polar surface area (TPSA) is 51.1 Å². The molecule has 3 rings (SSSR count). The first-order chi connectivity index (χ1) is 9.75. The van der Waals surface area contributed by atoms with Crippen molar-refractivity contribution in [3.05, 3.63) is 35.6 Å². The first-order valence-corrected chi connectivity index (χ1v) is 6.55. The van der Waals surface area contributed by atoms with Crippen LogP contribution in [-0.4, -0.2) is 49.6 Å². The molecule has 2 aliphatic rings. The number of carbonyl (C=O) groups is 1. The molecule has 6 heteroatoms. The molecule has 1 saturated heterocycles. The molecule has 0 radical (unpaired) electrons. The van der Waals surface area contributed by atoms with Crippen LogP contribution in [0.3, 0.4) is 0 Å². The van der Waals surface area contributed by atoms with Gasteiger partial charge in [-0.2, -0.15) is 0 Å². The highest BCUT2D eigenvalue weighted by molar-refractivity contribution is 5.85. The van der Waals surface area contributed by atoms with Crippen molar-refractivity contribution in [2.24, 2.45) is 4.99 Å². The summed E-state index contributed by atoms with van der Waals surface area (Å²) in [6, 6.07) is 5.35. The largest absolute Gasteiger partial charge is 0.473 e. The maximum absolute atomic E-state index is 13.0. The summed E-state index contributed by atoms with van der Waals surface area (Å²) in [5.74, 6) is -0.389. The number of carbonyl (C=O) groups excluding carboxylic acids is 1. The third-order valence-corrected chi connectivity index (χ3v) is 3.49. The van der Waals surface area contributed by atoms with Gasteiger partial charge in [-0.3, -0.25) is 4.79 Å². The van der Waals surface area contributed by atoms with Gasteiger partial charge in [0, 0.05) is 13.1 Å². The van der Waals surface area contributed by atoms with Crippen LogP contribution in [0.4, 0.5) is 4.39 Å². The number of hydrogen-bond acceptors (Lipinski definition) is 4. The Hall–Kier alpha value is -1.95. The fourth-order valence-electron chi connectivity index (χ4n) is 2.40.